The van der Waals surface area contributed by atoms with Gasteiger partial charge in [-0.05, 0) is 67.4 Å². The van der Waals surface area contributed by atoms with E-state index in [1.165, 1.54) is 44.4 Å². The van der Waals surface area contributed by atoms with Gasteiger partial charge in [0.25, 0.3) is 0 Å². The Kier molecular flexibility index (Phi) is 2.42. The zero-order valence-electron chi connectivity index (χ0n) is 12.8. The van der Waals surface area contributed by atoms with Crippen LogP contribution in [0.3, 0.4) is 0 Å². The highest BCUT2D eigenvalue weighted by molar-refractivity contribution is 5.96. The van der Waals surface area contributed by atoms with Crippen molar-refractivity contribution in [2.24, 2.45) is 16.7 Å². The number of carbonyl (C=O) groups is 1. The number of carbonyl (C=O) groups excluding carboxylic acids is 1. The summed E-state index contributed by atoms with van der Waals surface area (Å²) < 4.78 is 13.2. The lowest BCUT2D eigenvalue weighted by molar-refractivity contribution is -0.170. The minimum atomic E-state index is -0.309. The van der Waals surface area contributed by atoms with Crippen molar-refractivity contribution in [2.45, 2.75) is 51.4 Å². The second-order valence-electron chi connectivity index (χ2n) is 8.19. The van der Waals surface area contributed by atoms with Gasteiger partial charge in [0.15, 0.2) is 0 Å². The molecule has 0 saturated heterocycles. The Morgan fingerprint density at radius 1 is 1.27 bits per heavy atom. The zero-order chi connectivity index (χ0) is 14.9. The van der Waals surface area contributed by atoms with Gasteiger partial charge in [-0.25, -0.2) is 9.37 Å². The molecule has 4 aliphatic rings. The second kappa shape index (κ2) is 4.09. The number of halogens is 1. The summed E-state index contributed by atoms with van der Waals surface area (Å²) in [6.45, 7) is 0.665. The van der Waals surface area contributed by atoms with Crippen LogP contribution in [0, 0.1) is 22.6 Å². The number of nitrogens with zero attached hydrogens (tertiary/aromatic N) is 2. The number of hydrogen-bond donors (Lipinski definition) is 0. The van der Waals surface area contributed by atoms with Crippen LogP contribution in [0.1, 0.15) is 50.5 Å². The Morgan fingerprint density at radius 2 is 2.05 bits per heavy atom. The van der Waals surface area contributed by atoms with Gasteiger partial charge in [0.2, 0.25) is 5.91 Å². The lowest BCUT2D eigenvalue weighted by Crippen LogP contribution is -2.58. The predicted molar refractivity (Wildman–Crippen MR) is 80.9 cm³/mol. The van der Waals surface area contributed by atoms with Gasteiger partial charge in [-0.2, -0.15) is 0 Å². The molecule has 0 unspecified atom stereocenters. The molecule has 0 aromatic carbocycles. The largest absolute Gasteiger partial charge is 0.296 e. The molecule has 116 valence electrons. The van der Waals surface area contributed by atoms with Crippen LogP contribution in [0.25, 0.3) is 0 Å². The summed E-state index contributed by atoms with van der Waals surface area (Å²) in [6, 6.07) is 1.52. The fourth-order valence-electron chi connectivity index (χ4n) is 5.69. The van der Waals surface area contributed by atoms with E-state index in [0.717, 1.165) is 24.8 Å². The van der Waals surface area contributed by atoms with Crippen LogP contribution in [0.4, 0.5) is 10.2 Å². The highest BCUT2D eigenvalue weighted by Gasteiger charge is 2.62. The minimum Gasteiger partial charge on any atom is -0.296 e. The number of pyridine rings is 1. The van der Waals surface area contributed by atoms with E-state index in [1.54, 1.807) is 4.90 Å². The fraction of sp³-hybridized carbons (Fsp3) is 0.667. The summed E-state index contributed by atoms with van der Waals surface area (Å²) in [5.74, 6) is 0.778. The maximum Gasteiger partial charge on any atom is 0.231 e. The number of amides is 1. The monoisotopic (exact) mass is 300 g/mol. The van der Waals surface area contributed by atoms with Crippen molar-refractivity contribution in [3.05, 3.63) is 23.6 Å². The minimum absolute atomic E-state index is 0.176. The summed E-state index contributed by atoms with van der Waals surface area (Å²) in [5, 5.41) is 0. The number of rotatable bonds is 1. The third kappa shape index (κ3) is 1.67. The van der Waals surface area contributed by atoms with Crippen LogP contribution < -0.4 is 4.90 Å². The topological polar surface area (TPSA) is 33.2 Å². The van der Waals surface area contributed by atoms with Crippen molar-refractivity contribution in [1.29, 1.82) is 0 Å². The molecule has 0 atom stereocenters. The third-order valence-corrected chi connectivity index (χ3v) is 6.66. The molecule has 0 N–H and O–H groups in total. The smallest absolute Gasteiger partial charge is 0.231 e. The summed E-state index contributed by atoms with van der Waals surface area (Å²) in [6.07, 6.45) is 11.1. The molecule has 1 aromatic heterocycles. The molecule has 0 bridgehead atoms. The molecular weight excluding hydrogens is 279 g/mol. The average molecular weight is 300 g/mol. The summed E-state index contributed by atoms with van der Waals surface area (Å²) >= 11 is 0. The van der Waals surface area contributed by atoms with Gasteiger partial charge in [-0.15, -0.1) is 0 Å². The van der Waals surface area contributed by atoms with E-state index in [-0.39, 0.29) is 17.6 Å². The van der Waals surface area contributed by atoms with Gasteiger partial charge < -0.3 is 0 Å². The fourth-order valence-corrected chi connectivity index (χ4v) is 5.69. The maximum absolute atomic E-state index is 13.2. The first-order chi connectivity index (χ1) is 10.6. The summed E-state index contributed by atoms with van der Waals surface area (Å²) in [4.78, 5) is 18.7. The first kappa shape index (κ1) is 13.0. The predicted octanol–water partition coefficient (Wildman–Crippen LogP) is 3.47. The Bertz CT molecular complexity index is 651. The molecule has 1 aliphatic heterocycles. The molecule has 3 nitrogen and oxygen atoms in total. The van der Waals surface area contributed by atoms with Gasteiger partial charge in [-0.3, -0.25) is 9.69 Å². The average Bonchev–Trinajstić information content (AvgIpc) is 2.76. The van der Waals surface area contributed by atoms with Crippen LogP contribution in [0.5, 0.6) is 0 Å². The Hall–Kier alpha value is -1.45. The molecule has 1 amide bonds. The molecule has 0 radical (unpaired) electrons. The Balaban J connectivity index is 1.26. The zero-order valence-corrected chi connectivity index (χ0v) is 12.8. The maximum atomic E-state index is 13.2. The van der Waals surface area contributed by atoms with Crippen LogP contribution in [0.2, 0.25) is 0 Å². The summed E-state index contributed by atoms with van der Waals surface area (Å²) in [5.41, 5.74) is 2.06. The van der Waals surface area contributed by atoms with Crippen molar-refractivity contribution < 1.29 is 9.18 Å². The number of anilines is 1. The first-order valence-corrected chi connectivity index (χ1v) is 8.54. The highest BCUT2D eigenvalue weighted by atomic mass is 19.1. The SMILES string of the molecule is O=C(C1CC2(C1)CC1(CCC1)C2)N1CCc2cc(F)cnc21. The first-order valence-electron chi connectivity index (χ1n) is 8.54. The molecule has 4 heteroatoms. The van der Waals surface area contributed by atoms with E-state index in [0.29, 0.717) is 23.2 Å². The molecule has 22 heavy (non-hydrogen) atoms. The van der Waals surface area contributed by atoms with Crippen LogP contribution in [-0.4, -0.2) is 17.4 Å². The second-order valence-corrected chi connectivity index (χ2v) is 8.19. The molecule has 5 rings (SSSR count). The lowest BCUT2D eigenvalue weighted by Gasteiger charge is -2.67. The van der Waals surface area contributed by atoms with Gasteiger partial charge in [0.05, 0.1) is 6.20 Å². The third-order valence-electron chi connectivity index (χ3n) is 6.66. The van der Waals surface area contributed by atoms with Gasteiger partial charge in [-0.1, -0.05) is 6.42 Å². The van der Waals surface area contributed by atoms with E-state index in [2.05, 4.69) is 4.98 Å². The molecule has 3 fully saturated rings. The van der Waals surface area contributed by atoms with Crippen LogP contribution in [-0.2, 0) is 11.2 Å². The molecule has 3 aliphatic carbocycles. The van der Waals surface area contributed by atoms with Crippen molar-refractivity contribution >= 4 is 11.7 Å². The molecule has 3 saturated carbocycles. The number of fused-ring (bicyclic) bond motifs is 1. The molecule has 2 heterocycles. The number of hydrogen-bond acceptors (Lipinski definition) is 2. The normalized spacial score (nSPS) is 27.2. The van der Waals surface area contributed by atoms with E-state index >= 15 is 0 Å². The van der Waals surface area contributed by atoms with Gasteiger partial charge in [0, 0.05) is 12.5 Å². The highest BCUT2D eigenvalue weighted by Crippen LogP contribution is 2.72. The van der Waals surface area contributed by atoms with E-state index in [9.17, 15) is 9.18 Å². The molecule has 2 spiro atoms. The van der Waals surface area contributed by atoms with Gasteiger partial charge >= 0.3 is 0 Å². The van der Waals surface area contributed by atoms with Crippen molar-refractivity contribution in [3.63, 3.8) is 0 Å². The van der Waals surface area contributed by atoms with Crippen molar-refractivity contribution in [1.82, 2.24) is 4.98 Å². The lowest BCUT2D eigenvalue weighted by atomic mass is 9.38. The van der Waals surface area contributed by atoms with Crippen LogP contribution >= 0.6 is 0 Å². The standard InChI is InChI=1S/C18H21FN2O/c19-14-6-12-2-5-21(15(12)20-9-14)16(22)13-7-18(8-13)10-17(11-18)3-1-4-17/h6,9,13H,1-5,7-8,10-11H2. The Labute approximate surface area is 129 Å². The summed E-state index contributed by atoms with van der Waals surface area (Å²) in [7, 11) is 0. The molecule has 1 aromatic rings. The van der Waals surface area contributed by atoms with E-state index < -0.39 is 0 Å². The van der Waals surface area contributed by atoms with Crippen LogP contribution in [0.15, 0.2) is 12.3 Å². The Morgan fingerprint density at radius 3 is 2.73 bits per heavy atom. The van der Waals surface area contributed by atoms with Crippen molar-refractivity contribution in [2.75, 3.05) is 11.4 Å². The van der Waals surface area contributed by atoms with E-state index in [4.69, 9.17) is 0 Å². The number of aromatic nitrogens is 1. The quantitative estimate of drug-likeness (QED) is 0.795. The molecular formula is C18H21FN2O. The van der Waals surface area contributed by atoms with Gasteiger partial charge in [0.1, 0.15) is 11.6 Å². The van der Waals surface area contributed by atoms with Crippen molar-refractivity contribution in [3.8, 4) is 0 Å². The van der Waals surface area contributed by atoms with E-state index in [1.807, 2.05) is 0 Å².